The lowest BCUT2D eigenvalue weighted by Crippen LogP contribution is -2.78. The third-order valence-corrected chi connectivity index (χ3v) is 8.38. The molecule has 0 aromatic rings. The molecule has 0 aromatic heterocycles. The zero-order chi connectivity index (χ0) is 24.1. The molecule has 0 radical (unpaired) electrons. The predicted octanol–water partition coefficient (Wildman–Crippen LogP) is 6.25. The zero-order valence-electron chi connectivity index (χ0n) is 21.2. The van der Waals surface area contributed by atoms with Crippen molar-refractivity contribution < 1.29 is 24.8 Å². The number of aliphatic hydroxyl groups excluding tert-OH is 2. The highest BCUT2D eigenvalue weighted by molar-refractivity contribution is 9.10. The first kappa shape index (κ1) is 30.3. The monoisotopic (exact) mass is 522 g/mol. The molecule has 5 nitrogen and oxygen atoms in total. The Kier molecular flexibility index (Phi) is 14.5. The number of halogens is 1. The molecule has 0 aliphatic carbocycles. The van der Waals surface area contributed by atoms with E-state index in [9.17, 15) is 15.3 Å². The fourth-order valence-electron chi connectivity index (χ4n) is 5.19. The molecular weight excluding hydrogens is 472 g/mol. The van der Waals surface area contributed by atoms with Crippen LogP contribution in [0.25, 0.3) is 0 Å². The zero-order valence-corrected chi connectivity index (χ0v) is 22.8. The Morgan fingerprint density at radius 3 is 1.81 bits per heavy atom. The smallest absolute Gasteiger partial charge is 0.155 e. The topological polar surface area (TPSA) is 79.2 Å². The van der Waals surface area contributed by atoms with Gasteiger partial charge in [-0.3, -0.25) is 0 Å². The molecule has 1 rings (SSSR count). The van der Waals surface area contributed by atoms with Crippen molar-refractivity contribution in [3.63, 3.8) is 0 Å². The maximum absolute atomic E-state index is 12.3. The number of alkyl halides is 1. The second-order valence-corrected chi connectivity index (χ2v) is 11.0. The number of aliphatic hydroxyl groups is 3. The number of unbranched alkanes of at least 4 members (excludes halogenated alkanes) is 8. The molecule has 32 heavy (non-hydrogen) atoms. The van der Waals surface area contributed by atoms with Gasteiger partial charge in [0.25, 0.3) is 0 Å². The summed E-state index contributed by atoms with van der Waals surface area (Å²) in [5.41, 5.74) is -2.57. The van der Waals surface area contributed by atoms with Crippen molar-refractivity contribution in [2.75, 3.05) is 13.2 Å². The van der Waals surface area contributed by atoms with Crippen LogP contribution in [0.2, 0.25) is 0 Å². The van der Waals surface area contributed by atoms with Crippen LogP contribution in [-0.4, -0.2) is 56.5 Å². The Hall–Kier alpha value is 0.280. The fraction of sp³-hybridized carbons (Fsp3) is 1.00. The van der Waals surface area contributed by atoms with Gasteiger partial charge in [0, 0.05) is 6.61 Å². The molecule has 0 amide bonds. The summed E-state index contributed by atoms with van der Waals surface area (Å²) in [7, 11) is 0. The van der Waals surface area contributed by atoms with Crippen LogP contribution in [0.15, 0.2) is 0 Å². The highest BCUT2D eigenvalue weighted by Gasteiger charge is 2.70. The van der Waals surface area contributed by atoms with E-state index in [4.69, 9.17) is 9.47 Å². The van der Waals surface area contributed by atoms with Gasteiger partial charge in [-0.1, -0.05) is 108 Å². The molecule has 0 spiro atoms. The predicted molar refractivity (Wildman–Crippen MR) is 135 cm³/mol. The van der Waals surface area contributed by atoms with Gasteiger partial charge in [-0.15, -0.1) is 0 Å². The van der Waals surface area contributed by atoms with Crippen LogP contribution in [0.5, 0.6) is 0 Å². The van der Waals surface area contributed by atoms with Crippen molar-refractivity contribution in [2.45, 2.75) is 152 Å². The van der Waals surface area contributed by atoms with Gasteiger partial charge in [-0.25, -0.2) is 0 Å². The van der Waals surface area contributed by atoms with Gasteiger partial charge < -0.3 is 24.8 Å². The first-order valence-electron chi connectivity index (χ1n) is 13.3. The number of rotatable bonds is 18. The van der Waals surface area contributed by atoms with E-state index >= 15 is 0 Å². The molecule has 0 bridgehead atoms. The summed E-state index contributed by atoms with van der Waals surface area (Å²) in [4.78, 5) is 0. The normalized spacial score (nSPS) is 33.0. The van der Waals surface area contributed by atoms with Crippen molar-refractivity contribution in [3.05, 3.63) is 0 Å². The average molecular weight is 524 g/mol. The maximum atomic E-state index is 12.3. The van der Waals surface area contributed by atoms with Gasteiger partial charge >= 0.3 is 0 Å². The minimum atomic E-state index is -1.50. The molecule has 1 aliphatic rings. The molecule has 1 saturated heterocycles. The molecule has 1 heterocycles. The van der Waals surface area contributed by atoms with Crippen molar-refractivity contribution in [1.82, 2.24) is 0 Å². The van der Waals surface area contributed by atoms with Crippen LogP contribution in [0.1, 0.15) is 124 Å². The van der Waals surface area contributed by atoms with Crippen LogP contribution < -0.4 is 0 Å². The number of ether oxygens (including phenoxy) is 2. The summed E-state index contributed by atoms with van der Waals surface area (Å²) in [5, 5.41) is 33.7. The van der Waals surface area contributed by atoms with Crippen LogP contribution in [-0.2, 0) is 9.47 Å². The Bertz CT molecular complexity index is 493. The molecule has 192 valence electrons. The summed E-state index contributed by atoms with van der Waals surface area (Å²) in [6.45, 7) is 8.82. The lowest BCUT2D eigenvalue weighted by Gasteiger charge is -2.62. The summed E-state index contributed by atoms with van der Waals surface area (Å²) in [5.74, 6) is 0. The first-order chi connectivity index (χ1) is 15.3. The average Bonchev–Trinajstić information content (AvgIpc) is 2.78. The van der Waals surface area contributed by atoms with Gasteiger partial charge in [0.1, 0.15) is 23.4 Å². The van der Waals surface area contributed by atoms with Crippen molar-refractivity contribution in [2.24, 2.45) is 0 Å². The highest BCUT2D eigenvalue weighted by atomic mass is 79.9. The first-order valence-corrected chi connectivity index (χ1v) is 14.1. The van der Waals surface area contributed by atoms with E-state index in [1.165, 1.54) is 0 Å². The van der Waals surface area contributed by atoms with Gasteiger partial charge in [0.15, 0.2) is 4.51 Å². The van der Waals surface area contributed by atoms with Crippen LogP contribution in [0, 0.1) is 0 Å². The number of hydrogen-bond donors (Lipinski definition) is 3. The van der Waals surface area contributed by atoms with E-state index in [1.807, 2.05) is 0 Å². The third-order valence-electron chi connectivity index (χ3n) is 7.15. The van der Waals surface area contributed by atoms with E-state index in [2.05, 4.69) is 43.6 Å². The van der Waals surface area contributed by atoms with Crippen molar-refractivity contribution >= 4 is 15.9 Å². The van der Waals surface area contributed by atoms with Gasteiger partial charge in [0.2, 0.25) is 0 Å². The Balaban J connectivity index is 3.48. The van der Waals surface area contributed by atoms with E-state index in [-0.39, 0.29) is 6.61 Å². The van der Waals surface area contributed by atoms with Crippen molar-refractivity contribution in [3.8, 4) is 0 Å². The molecule has 1 aliphatic heterocycles. The van der Waals surface area contributed by atoms with Crippen LogP contribution >= 0.6 is 15.9 Å². The summed E-state index contributed by atoms with van der Waals surface area (Å²) < 4.78 is 12.2. The molecule has 3 N–H and O–H groups in total. The Labute approximate surface area is 205 Å². The molecule has 0 saturated carbocycles. The Morgan fingerprint density at radius 2 is 1.28 bits per heavy atom. The molecule has 1 fully saturated rings. The lowest BCUT2D eigenvalue weighted by atomic mass is 9.65. The SMILES string of the molecule is CCCCCO[C@@]1(CCCCC)[C@](Br)(CCCCC)O[C@H](CO)[C@@H](O)[C@@]1(O)CCCCC. The van der Waals surface area contributed by atoms with Crippen LogP contribution in [0.4, 0.5) is 0 Å². The van der Waals surface area contributed by atoms with Gasteiger partial charge in [0.05, 0.1) is 6.61 Å². The van der Waals surface area contributed by atoms with E-state index in [0.717, 1.165) is 77.0 Å². The minimum Gasteiger partial charge on any atom is -0.394 e. The maximum Gasteiger partial charge on any atom is 0.155 e. The van der Waals surface area contributed by atoms with E-state index < -0.39 is 27.9 Å². The van der Waals surface area contributed by atoms with Crippen molar-refractivity contribution in [1.29, 1.82) is 0 Å². The summed E-state index contributed by atoms with van der Waals surface area (Å²) >= 11 is 3.94. The van der Waals surface area contributed by atoms with E-state index in [1.54, 1.807) is 0 Å². The quantitative estimate of drug-likeness (QED) is 0.146. The second kappa shape index (κ2) is 15.3. The van der Waals surface area contributed by atoms with Gasteiger partial charge in [-0.2, -0.15) is 0 Å². The largest absolute Gasteiger partial charge is 0.394 e. The lowest BCUT2D eigenvalue weighted by molar-refractivity contribution is -0.347. The summed E-state index contributed by atoms with van der Waals surface area (Å²) in [6.07, 6.45) is 11.6. The third kappa shape index (κ3) is 7.14. The van der Waals surface area contributed by atoms with E-state index in [0.29, 0.717) is 25.9 Å². The highest BCUT2D eigenvalue weighted by Crippen LogP contribution is 2.56. The van der Waals surface area contributed by atoms with Gasteiger partial charge in [-0.05, 0) is 32.1 Å². The second-order valence-electron chi connectivity index (χ2n) is 9.69. The van der Waals surface area contributed by atoms with Crippen LogP contribution in [0.3, 0.4) is 0 Å². The molecular formula is C26H51BrO5. The summed E-state index contributed by atoms with van der Waals surface area (Å²) in [6, 6.07) is 0. The Morgan fingerprint density at radius 1 is 0.781 bits per heavy atom. The molecule has 0 unspecified atom stereocenters. The minimum absolute atomic E-state index is 0.334. The molecule has 0 aromatic carbocycles. The standard InChI is InChI=1S/C26H51BrO5/c1-5-9-13-17-24(30)23(29)22(21-28)32-26(27,19-15-11-7-3)25(24,18-14-10-6-2)31-20-16-12-8-4/h22-23,28-30H,5-21H2,1-4H3/t22-,23-,24+,25-,26+/m1/s1. The fourth-order valence-corrected chi connectivity index (χ4v) is 6.37. The number of hydrogen-bond acceptors (Lipinski definition) is 5. The molecule has 6 heteroatoms. The molecule has 5 atom stereocenters.